The molecule has 162 valence electrons. The number of benzene rings is 3. The van der Waals surface area contributed by atoms with Gasteiger partial charge in [-0.2, -0.15) is 0 Å². The van der Waals surface area contributed by atoms with E-state index in [1.54, 1.807) is 42.5 Å². The molecule has 0 bridgehead atoms. The van der Waals surface area contributed by atoms with Gasteiger partial charge in [0.25, 0.3) is 0 Å². The molecule has 0 atom stereocenters. The molecular formula is C23H12Cl3I2NO3. The molecule has 3 aromatic rings. The van der Waals surface area contributed by atoms with Crippen LogP contribution in [0.15, 0.2) is 65.3 Å². The van der Waals surface area contributed by atoms with E-state index in [9.17, 15) is 4.79 Å². The zero-order valence-corrected chi connectivity index (χ0v) is 22.6. The molecule has 0 unspecified atom stereocenters. The number of cyclic esters (lactones) is 1. The maximum Gasteiger partial charge on any atom is 0.363 e. The first-order valence-corrected chi connectivity index (χ1v) is 12.4. The number of carbonyl (C=O) groups excluding carboxylic acids is 1. The lowest BCUT2D eigenvalue weighted by Gasteiger charge is -2.12. The van der Waals surface area contributed by atoms with E-state index in [4.69, 9.17) is 44.3 Å². The Balaban J connectivity index is 1.56. The summed E-state index contributed by atoms with van der Waals surface area (Å²) in [6, 6.07) is 16.3. The van der Waals surface area contributed by atoms with E-state index in [0.717, 1.165) is 24.0 Å². The van der Waals surface area contributed by atoms with Crippen LogP contribution < -0.4 is 4.74 Å². The van der Waals surface area contributed by atoms with E-state index >= 15 is 0 Å². The molecule has 3 aromatic carbocycles. The number of esters is 1. The second-order valence-electron chi connectivity index (χ2n) is 6.67. The summed E-state index contributed by atoms with van der Waals surface area (Å²) in [6.45, 7) is 0.348. The molecular weight excluding hydrogens is 698 g/mol. The quantitative estimate of drug-likeness (QED) is 0.155. The number of carbonyl (C=O) groups is 1. The fraction of sp³-hybridized carbons (Fsp3) is 0.0435. The van der Waals surface area contributed by atoms with Crippen molar-refractivity contribution in [2.24, 2.45) is 4.99 Å². The largest absolute Gasteiger partial charge is 0.487 e. The van der Waals surface area contributed by atoms with Gasteiger partial charge in [0, 0.05) is 0 Å². The maximum atomic E-state index is 12.3. The Labute approximate surface area is 226 Å². The molecule has 4 nitrogen and oxygen atoms in total. The number of aliphatic imine (C=N–C) groups is 1. The highest BCUT2D eigenvalue weighted by molar-refractivity contribution is 14.1. The van der Waals surface area contributed by atoms with E-state index in [-0.39, 0.29) is 11.6 Å². The van der Waals surface area contributed by atoms with Gasteiger partial charge in [-0.25, -0.2) is 9.79 Å². The molecule has 1 heterocycles. The number of rotatable bonds is 5. The van der Waals surface area contributed by atoms with Crippen molar-refractivity contribution in [3.05, 3.63) is 99.2 Å². The number of hydrogen-bond acceptors (Lipinski definition) is 4. The third-order valence-corrected chi connectivity index (χ3v) is 7.09. The van der Waals surface area contributed by atoms with Gasteiger partial charge >= 0.3 is 5.97 Å². The van der Waals surface area contributed by atoms with Crippen LogP contribution >= 0.6 is 80.0 Å². The molecule has 0 amide bonds. The Morgan fingerprint density at radius 2 is 1.66 bits per heavy atom. The van der Waals surface area contributed by atoms with Crippen LogP contribution in [0.25, 0.3) is 6.08 Å². The van der Waals surface area contributed by atoms with Gasteiger partial charge in [0.1, 0.15) is 12.4 Å². The van der Waals surface area contributed by atoms with Gasteiger partial charge in [0.05, 0.1) is 27.8 Å². The average molecular weight is 711 g/mol. The number of hydrogen-bond donors (Lipinski definition) is 0. The van der Waals surface area contributed by atoms with Gasteiger partial charge in [0.15, 0.2) is 5.70 Å². The monoisotopic (exact) mass is 709 g/mol. The third-order valence-electron chi connectivity index (χ3n) is 4.42. The summed E-state index contributed by atoms with van der Waals surface area (Å²) in [4.78, 5) is 16.7. The normalized spacial score (nSPS) is 14.5. The summed E-state index contributed by atoms with van der Waals surface area (Å²) in [6.07, 6.45) is 1.68. The van der Waals surface area contributed by atoms with Gasteiger partial charge in [-0.1, -0.05) is 53.0 Å². The molecule has 1 aliphatic heterocycles. The molecule has 0 saturated carbocycles. The number of nitrogens with zero attached hydrogens (tertiary/aromatic N) is 1. The highest BCUT2D eigenvalue weighted by atomic mass is 127. The molecule has 9 heteroatoms. The summed E-state index contributed by atoms with van der Waals surface area (Å²) >= 11 is 22.6. The molecule has 0 fully saturated rings. The van der Waals surface area contributed by atoms with Gasteiger partial charge in [-0.05, 0) is 98.8 Å². The van der Waals surface area contributed by atoms with Crippen LogP contribution in [0, 0.1) is 7.14 Å². The number of ether oxygens (including phenoxy) is 2. The lowest BCUT2D eigenvalue weighted by Crippen LogP contribution is -2.05. The predicted octanol–water partition coefficient (Wildman–Crippen LogP) is 7.78. The van der Waals surface area contributed by atoms with E-state index in [1.807, 2.05) is 18.2 Å². The zero-order valence-electron chi connectivity index (χ0n) is 16.0. The summed E-state index contributed by atoms with van der Waals surface area (Å²) in [5.74, 6) is 0.413. The average Bonchev–Trinajstić information content (AvgIpc) is 3.10. The lowest BCUT2D eigenvalue weighted by molar-refractivity contribution is -0.129. The van der Waals surface area contributed by atoms with Crippen LogP contribution in [-0.2, 0) is 16.1 Å². The molecule has 32 heavy (non-hydrogen) atoms. The van der Waals surface area contributed by atoms with Crippen LogP contribution in [-0.4, -0.2) is 11.9 Å². The Hall–Kier alpha value is -1.33. The van der Waals surface area contributed by atoms with Crippen molar-refractivity contribution < 1.29 is 14.3 Å². The molecule has 0 aromatic heterocycles. The first-order valence-electron chi connectivity index (χ1n) is 9.15. The second-order valence-corrected chi connectivity index (χ2v) is 10.2. The van der Waals surface area contributed by atoms with Crippen molar-refractivity contribution in [2.45, 2.75) is 6.61 Å². The Bertz CT molecular complexity index is 1270. The summed E-state index contributed by atoms with van der Waals surface area (Å²) < 4.78 is 13.1. The van der Waals surface area contributed by atoms with Crippen molar-refractivity contribution in [3.8, 4) is 5.75 Å². The van der Waals surface area contributed by atoms with Crippen LogP contribution in [0.2, 0.25) is 15.1 Å². The van der Waals surface area contributed by atoms with Crippen LogP contribution in [0.3, 0.4) is 0 Å². The van der Waals surface area contributed by atoms with E-state index < -0.39 is 5.97 Å². The van der Waals surface area contributed by atoms with Gasteiger partial charge < -0.3 is 9.47 Å². The molecule has 0 radical (unpaired) electrons. The standard InChI is InChI=1S/C23H12Cl3I2NO3/c24-15-4-2-1-3-14(15)22-29-20(23(30)32-22)10-13-8-18(27)21(19(28)9-13)31-11-12-5-6-16(25)17(26)7-12/h1-10H,11H2/b20-10-. The van der Waals surface area contributed by atoms with Crippen molar-refractivity contribution in [1.82, 2.24) is 0 Å². The maximum absolute atomic E-state index is 12.3. The second kappa shape index (κ2) is 10.3. The minimum absolute atomic E-state index is 0.192. The van der Waals surface area contributed by atoms with Crippen LogP contribution in [0.1, 0.15) is 16.7 Å². The van der Waals surface area contributed by atoms with Crippen molar-refractivity contribution in [3.63, 3.8) is 0 Å². The van der Waals surface area contributed by atoms with Gasteiger partial charge in [0.2, 0.25) is 5.90 Å². The van der Waals surface area contributed by atoms with Crippen molar-refractivity contribution in [2.75, 3.05) is 0 Å². The fourth-order valence-corrected chi connectivity index (χ4v) is 5.57. The van der Waals surface area contributed by atoms with Gasteiger partial charge in [-0.3, -0.25) is 0 Å². The Morgan fingerprint density at radius 3 is 2.34 bits per heavy atom. The fourth-order valence-electron chi connectivity index (χ4n) is 2.90. The third kappa shape index (κ3) is 5.41. The Morgan fingerprint density at radius 1 is 0.938 bits per heavy atom. The summed E-state index contributed by atoms with van der Waals surface area (Å²) in [7, 11) is 0. The first kappa shape index (κ1) is 23.8. The van der Waals surface area contributed by atoms with E-state index in [1.165, 1.54) is 0 Å². The number of halogens is 5. The van der Waals surface area contributed by atoms with Crippen molar-refractivity contribution in [1.29, 1.82) is 0 Å². The predicted molar refractivity (Wildman–Crippen MR) is 145 cm³/mol. The van der Waals surface area contributed by atoms with Crippen LogP contribution in [0.4, 0.5) is 0 Å². The smallest absolute Gasteiger partial charge is 0.363 e. The minimum Gasteiger partial charge on any atom is -0.487 e. The summed E-state index contributed by atoms with van der Waals surface area (Å²) in [5, 5.41) is 1.45. The highest BCUT2D eigenvalue weighted by Crippen LogP contribution is 2.32. The molecule has 0 saturated heterocycles. The Kier molecular flexibility index (Phi) is 7.66. The molecule has 0 spiro atoms. The molecule has 4 rings (SSSR count). The molecule has 1 aliphatic rings. The molecule has 0 N–H and O–H groups in total. The van der Waals surface area contributed by atoms with Crippen LogP contribution in [0.5, 0.6) is 5.75 Å². The van der Waals surface area contributed by atoms with Gasteiger partial charge in [-0.15, -0.1) is 0 Å². The first-order chi connectivity index (χ1) is 15.3. The van der Waals surface area contributed by atoms with E-state index in [2.05, 4.69) is 50.2 Å². The zero-order chi connectivity index (χ0) is 22.8. The van der Waals surface area contributed by atoms with E-state index in [0.29, 0.717) is 27.2 Å². The minimum atomic E-state index is -0.523. The van der Waals surface area contributed by atoms with Crippen molar-refractivity contribution >= 4 is 97.9 Å². The highest BCUT2D eigenvalue weighted by Gasteiger charge is 2.25. The topological polar surface area (TPSA) is 47.9 Å². The SMILES string of the molecule is O=C1OC(c2ccccc2Cl)=N/C1=C\c1cc(I)c(OCc2ccc(Cl)c(Cl)c2)c(I)c1. The summed E-state index contributed by atoms with van der Waals surface area (Å²) in [5.41, 5.74) is 2.49. The lowest BCUT2D eigenvalue weighted by atomic mass is 10.2. The molecule has 0 aliphatic carbocycles.